The number of nitrogens with one attached hydrogen (secondary N) is 1. The van der Waals surface area contributed by atoms with Gasteiger partial charge in [0.25, 0.3) is 0 Å². The first-order valence-corrected chi connectivity index (χ1v) is 10.5. The molecule has 2 aromatic heterocycles. The van der Waals surface area contributed by atoms with Crippen LogP contribution < -0.4 is 5.32 Å². The van der Waals surface area contributed by atoms with E-state index in [1.165, 1.54) is 11.1 Å². The van der Waals surface area contributed by atoms with Crippen LogP contribution in [0.2, 0.25) is 0 Å². The van der Waals surface area contributed by atoms with Gasteiger partial charge in [-0.3, -0.25) is 4.90 Å². The Morgan fingerprint density at radius 2 is 1.85 bits per heavy atom. The summed E-state index contributed by atoms with van der Waals surface area (Å²) in [5.74, 6) is 1.78. The molecule has 27 heavy (non-hydrogen) atoms. The first-order valence-electron chi connectivity index (χ1n) is 9.59. The zero-order valence-corrected chi connectivity index (χ0v) is 17.1. The fraction of sp³-hybridized carbons (Fsp3) is 0.429. The largest absolute Gasteiger partial charge is 0.366 e. The van der Waals surface area contributed by atoms with Crippen molar-refractivity contribution in [3.63, 3.8) is 0 Å². The highest BCUT2D eigenvalue weighted by Gasteiger charge is 2.19. The van der Waals surface area contributed by atoms with Gasteiger partial charge in [-0.05, 0) is 26.5 Å². The third-order valence-electron chi connectivity index (χ3n) is 5.14. The van der Waals surface area contributed by atoms with Crippen LogP contribution in [0.5, 0.6) is 0 Å². The Bertz CT molecular complexity index is 900. The summed E-state index contributed by atoms with van der Waals surface area (Å²) in [6.07, 6.45) is 0. The number of aryl methyl sites for hydroxylation is 1. The van der Waals surface area contributed by atoms with E-state index in [1.54, 1.807) is 11.3 Å². The van der Waals surface area contributed by atoms with Crippen LogP contribution in [0.15, 0.2) is 35.7 Å². The maximum absolute atomic E-state index is 4.76. The molecule has 1 aliphatic rings. The summed E-state index contributed by atoms with van der Waals surface area (Å²) in [5.41, 5.74) is 2.43. The van der Waals surface area contributed by atoms with Crippen molar-refractivity contribution in [2.24, 2.45) is 0 Å². The smallest absolute Gasteiger partial charge is 0.139 e. The van der Waals surface area contributed by atoms with Gasteiger partial charge in [0.2, 0.25) is 0 Å². The minimum atomic E-state index is 0.328. The normalized spacial score (nSPS) is 17.3. The number of piperazine rings is 1. The predicted octanol–water partition coefficient (Wildman–Crippen LogP) is 3.71. The van der Waals surface area contributed by atoms with Crippen LogP contribution in [-0.4, -0.2) is 65.6 Å². The van der Waals surface area contributed by atoms with E-state index in [2.05, 4.69) is 69.8 Å². The fourth-order valence-corrected chi connectivity index (χ4v) is 4.67. The molecule has 1 aliphatic heterocycles. The van der Waals surface area contributed by atoms with Gasteiger partial charge >= 0.3 is 0 Å². The molecule has 0 amide bonds. The van der Waals surface area contributed by atoms with Crippen molar-refractivity contribution in [1.82, 2.24) is 19.8 Å². The molecule has 142 valence electrons. The molecular formula is C21H27N5S. The molecule has 1 aromatic carbocycles. The minimum Gasteiger partial charge on any atom is -0.366 e. The second-order valence-corrected chi connectivity index (χ2v) is 8.32. The molecule has 1 saturated heterocycles. The quantitative estimate of drug-likeness (QED) is 0.730. The van der Waals surface area contributed by atoms with Crippen molar-refractivity contribution in [2.45, 2.75) is 19.9 Å². The maximum atomic E-state index is 4.76. The topological polar surface area (TPSA) is 44.3 Å². The van der Waals surface area contributed by atoms with Gasteiger partial charge in [0.15, 0.2) is 0 Å². The lowest BCUT2D eigenvalue weighted by Gasteiger charge is -2.34. The van der Waals surface area contributed by atoms with Crippen LogP contribution in [0.3, 0.4) is 0 Å². The SMILES string of the molecule is Cc1nc(NC(C)CN2CCN(C)CC2)c2c(-c3ccccc3)csc2n1. The second-order valence-electron chi connectivity index (χ2n) is 7.46. The molecule has 1 fully saturated rings. The van der Waals surface area contributed by atoms with Gasteiger partial charge in [-0.2, -0.15) is 0 Å². The van der Waals surface area contributed by atoms with Crippen molar-refractivity contribution in [3.8, 4) is 11.1 Å². The molecule has 0 saturated carbocycles. The standard InChI is InChI=1S/C21H27N5S/c1-15(13-26-11-9-25(3)10-12-26)22-20-19-18(17-7-5-4-6-8-17)14-27-21(19)24-16(2)23-20/h4-8,14-15H,9-13H2,1-3H3,(H,22,23,24). The summed E-state index contributed by atoms with van der Waals surface area (Å²) in [6.45, 7) is 9.80. The third kappa shape index (κ3) is 4.13. The van der Waals surface area contributed by atoms with Crippen molar-refractivity contribution in [1.29, 1.82) is 0 Å². The number of thiophene rings is 1. The molecule has 5 nitrogen and oxygen atoms in total. The number of hydrogen-bond donors (Lipinski definition) is 1. The molecule has 0 bridgehead atoms. The summed E-state index contributed by atoms with van der Waals surface area (Å²) in [4.78, 5) is 15.4. The lowest BCUT2D eigenvalue weighted by Crippen LogP contribution is -2.47. The van der Waals surface area contributed by atoms with E-state index in [9.17, 15) is 0 Å². The Hall–Kier alpha value is -2.02. The number of fused-ring (bicyclic) bond motifs is 1. The Morgan fingerprint density at radius 1 is 1.11 bits per heavy atom. The lowest BCUT2D eigenvalue weighted by atomic mass is 10.1. The summed E-state index contributed by atoms with van der Waals surface area (Å²) < 4.78 is 0. The van der Waals surface area contributed by atoms with Crippen LogP contribution >= 0.6 is 11.3 Å². The number of benzene rings is 1. The van der Waals surface area contributed by atoms with Crippen LogP contribution in [-0.2, 0) is 0 Å². The summed E-state index contributed by atoms with van der Waals surface area (Å²) in [5, 5.41) is 7.02. The van der Waals surface area contributed by atoms with Gasteiger partial charge in [-0.25, -0.2) is 9.97 Å². The number of likely N-dealkylation sites (N-methyl/N-ethyl adjacent to an activating group) is 1. The van der Waals surface area contributed by atoms with E-state index in [4.69, 9.17) is 4.98 Å². The molecule has 3 heterocycles. The van der Waals surface area contributed by atoms with Crippen LogP contribution in [0.1, 0.15) is 12.7 Å². The molecule has 4 rings (SSSR count). The number of anilines is 1. The monoisotopic (exact) mass is 381 g/mol. The third-order valence-corrected chi connectivity index (χ3v) is 6.01. The van der Waals surface area contributed by atoms with E-state index < -0.39 is 0 Å². The average molecular weight is 382 g/mol. The molecule has 0 spiro atoms. The highest BCUT2D eigenvalue weighted by Crippen LogP contribution is 2.37. The molecule has 3 aromatic rings. The zero-order chi connectivity index (χ0) is 18.8. The fourth-order valence-electron chi connectivity index (χ4n) is 3.68. The van der Waals surface area contributed by atoms with E-state index >= 15 is 0 Å². The molecule has 1 atom stereocenters. The minimum absolute atomic E-state index is 0.328. The van der Waals surface area contributed by atoms with E-state index in [0.29, 0.717) is 6.04 Å². The Morgan fingerprint density at radius 3 is 2.59 bits per heavy atom. The molecule has 0 radical (unpaired) electrons. The number of rotatable bonds is 5. The van der Waals surface area contributed by atoms with Crippen molar-refractivity contribution < 1.29 is 0 Å². The van der Waals surface area contributed by atoms with Gasteiger partial charge in [0, 0.05) is 49.7 Å². The van der Waals surface area contributed by atoms with E-state index in [-0.39, 0.29) is 0 Å². The maximum Gasteiger partial charge on any atom is 0.139 e. The van der Waals surface area contributed by atoms with E-state index in [0.717, 1.165) is 54.6 Å². The van der Waals surface area contributed by atoms with Crippen LogP contribution in [0, 0.1) is 6.92 Å². The zero-order valence-electron chi connectivity index (χ0n) is 16.3. The van der Waals surface area contributed by atoms with E-state index in [1.807, 2.05) is 6.92 Å². The number of aromatic nitrogens is 2. The van der Waals surface area contributed by atoms with Gasteiger partial charge < -0.3 is 10.2 Å². The highest BCUT2D eigenvalue weighted by atomic mass is 32.1. The van der Waals surface area contributed by atoms with Gasteiger partial charge in [0.05, 0.1) is 5.39 Å². The van der Waals surface area contributed by atoms with Crippen molar-refractivity contribution in [2.75, 3.05) is 45.1 Å². The molecular weight excluding hydrogens is 354 g/mol. The first-order chi connectivity index (χ1) is 13.1. The first kappa shape index (κ1) is 18.3. The van der Waals surface area contributed by atoms with Gasteiger partial charge in [0.1, 0.15) is 16.5 Å². The molecule has 1 unspecified atom stereocenters. The molecule has 1 N–H and O–H groups in total. The Balaban J connectivity index is 1.60. The second kappa shape index (κ2) is 7.92. The Labute approximate surface area is 165 Å². The predicted molar refractivity (Wildman–Crippen MR) is 115 cm³/mol. The van der Waals surface area contributed by atoms with Gasteiger partial charge in [-0.15, -0.1) is 11.3 Å². The van der Waals surface area contributed by atoms with Crippen LogP contribution in [0.4, 0.5) is 5.82 Å². The van der Waals surface area contributed by atoms with Crippen molar-refractivity contribution >= 4 is 27.4 Å². The summed E-state index contributed by atoms with van der Waals surface area (Å²) in [7, 11) is 2.20. The van der Waals surface area contributed by atoms with Gasteiger partial charge in [-0.1, -0.05) is 30.3 Å². The average Bonchev–Trinajstić information content (AvgIpc) is 3.08. The summed E-state index contributed by atoms with van der Waals surface area (Å²) >= 11 is 1.69. The molecule has 6 heteroatoms. The molecule has 0 aliphatic carbocycles. The van der Waals surface area contributed by atoms with Crippen molar-refractivity contribution in [3.05, 3.63) is 41.5 Å². The van der Waals surface area contributed by atoms with Crippen LogP contribution in [0.25, 0.3) is 21.3 Å². The Kier molecular flexibility index (Phi) is 5.38. The summed E-state index contributed by atoms with van der Waals surface area (Å²) in [6, 6.07) is 10.8. The lowest BCUT2D eigenvalue weighted by molar-refractivity contribution is 0.151. The number of hydrogen-bond acceptors (Lipinski definition) is 6. The highest BCUT2D eigenvalue weighted by molar-refractivity contribution is 7.17. The number of nitrogens with zero attached hydrogens (tertiary/aromatic N) is 4.